The lowest BCUT2D eigenvalue weighted by atomic mass is 10.2. The zero-order valence-electron chi connectivity index (χ0n) is 8.99. The zero-order chi connectivity index (χ0) is 11.4. The lowest BCUT2D eigenvalue weighted by molar-refractivity contribution is 0.0678. The van der Waals surface area contributed by atoms with E-state index < -0.39 is 5.82 Å². The van der Waals surface area contributed by atoms with Gasteiger partial charge in [0, 0.05) is 12.7 Å². The molecule has 1 aliphatic rings. The van der Waals surface area contributed by atoms with Gasteiger partial charge in [0.15, 0.2) is 0 Å². The third kappa shape index (κ3) is 2.93. The zero-order valence-corrected chi connectivity index (χ0v) is 8.99. The Labute approximate surface area is 93.8 Å². The van der Waals surface area contributed by atoms with Crippen LogP contribution in [0.25, 0.3) is 0 Å². The molecule has 88 valence electrons. The fourth-order valence-corrected chi connectivity index (χ4v) is 1.76. The van der Waals surface area contributed by atoms with E-state index in [4.69, 9.17) is 14.6 Å². The Balaban J connectivity index is 1.94. The smallest absolute Gasteiger partial charge is 0.127 e. The highest BCUT2D eigenvalue weighted by Crippen LogP contribution is 2.19. The Bertz CT molecular complexity index is 348. The van der Waals surface area contributed by atoms with Crippen LogP contribution in [0.3, 0.4) is 0 Å². The fourth-order valence-electron chi connectivity index (χ4n) is 1.76. The number of hydrogen-bond acceptors (Lipinski definition) is 3. The second-order valence-corrected chi connectivity index (χ2v) is 3.90. The summed E-state index contributed by atoms with van der Waals surface area (Å²) < 4.78 is 23.9. The van der Waals surface area contributed by atoms with Gasteiger partial charge < -0.3 is 14.6 Å². The van der Waals surface area contributed by atoms with E-state index in [9.17, 15) is 4.39 Å². The van der Waals surface area contributed by atoms with Gasteiger partial charge in [-0.1, -0.05) is 0 Å². The van der Waals surface area contributed by atoms with Crippen molar-refractivity contribution in [3.63, 3.8) is 0 Å². The lowest BCUT2D eigenvalue weighted by Gasteiger charge is -2.12. The molecule has 0 amide bonds. The molecule has 1 aromatic rings. The van der Waals surface area contributed by atoms with Gasteiger partial charge in [0.25, 0.3) is 0 Å². The predicted octanol–water partition coefficient (Wildman–Crippen LogP) is 1.88. The molecular weight excluding hydrogens is 211 g/mol. The van der Waals surface area contributed by atoms with Crippen LogP contribution in [0, 0.1) is 5.82 Å². The van der Waals surface area contributed by atoms with Gasteiger partial charge in [0.05, 0.1) is 12.7 Å². The van der Waals surface area contributed by atoms with Gasteiger partial charge in [-0.2, -0.15) is 0 Å². The molecule has 1 N–H and O–H groups in total. The van der Waals surface area contributed by atoms with E-state index in [0.717, 1.165) is 19.4 Å². The summed E-state index contributed by atoms with van der Waals surface area (Å²) in [7, 11) is 0. The number of aliphatic hydroxyl groups excluding tert-OH is 1. The molecule has 1 fully saturated rings. The number of halogens is 1. The molecule has 0 saturated carbocycles. The van der Waals surface area contributed by atoms with Crippen molar-refractivity contribution in [1.82, 2.24) is 0 Å². The Morgan fingerprint density at radius 1 is 1.44 bits per heavy atom. The molecule has 4 heteroatoms. The average Bonchev–Trinajstić information content (AvgIpc) is 2.78. The van der Waals surface area contributed by atoms with Crippen molar-refractivity contribution < 1.29 is 19.0 Å². The molecule has 1 heterocycles. The predicted molar refractivity (Wildman–Crippen MR) is 56.8 cm³/mol. The van der Waals surface area contributed by atoms with E-state index in [2.05, 4.69) is 0 Å². The minimum atomic E-state index is -0.395. The Morgan fingerprint density at radius 3 is 3.00 bits per heavy atom. The van der Waals surface area contributed by atoms with Gasteiger partial charge >= 0.3 is 0 Å². The molecule has 1 aromatic carbocycles. The Kier molecular flexibility index (Phi) is 3.74. The van der Waals surface area contributed by atoms with Crippen molar-refractivity contribution >= 4 is 0 Å². The molecule has 0 spiro atoms. The van der Waals surface area contributed by atoms with Gasteiger partial charge in [-0.3, -0.25) is 0 Å². The first kappa shape index (κ1) is 11.4. The van der Waals surface area contributed by atoms with Crippen LogP contribution in [-0.2, 0) is 11.3 Å². The summed E-state index contributed by atoms with van der Waals surface area (Å²) in [4.78, 5) is 0. The minimum Gasteiger partial charge on any atom is -0.491 e. The maximum atomic E-state index is 13.1. The molecule has 0 aliphatic carbocycles. The van der Waals surface area contributed by atoms with Gasteiger partial charge in [-0.15, -0.1) is 0 Å². The maximum absolute atomic E-state index is 13.1. The first-order valence-electron chi connectivity index (χ1n) is 5.42. The van der Waals surface area contributed by atoms with E-state index in [1.165, 1.54) is 12.1 Å². The van der Waals surface area contributed by atoms with Crippen LogP contribution in [0.1, 0.15) is 18.4 Å². The van der Waals surface area contributed by atoms with Crippen LogP contribution in [0.5, 0.6) is 5.75 Å². The Hall–Kier alpha value is -1.13. The quantitative estimate of drug-likeness (QED) is 0.851. The topological polar surface area (TPSA) is 38.7 Å². The SMILES string of the molecule is OCc1cc(F)cc(OCC2CCCO2)c1. The maximum Gasteiger partial charge on any atom is 0.127 e. The Morgan fingerprint density at radius 2 is 2.31 bits per heavy atom. The highest BCUT2D eigenvalue weighted by molar-refractivity contribution is 5.29. The summed E-state index contributed by atoms with van der Waals surface area (Å²) in [5.74, 6) is 0.0495. The molecule has 1 unspecified atom stereocenters. The molecule has 0 radical (unpaired) electrons. The highest BCUT2D eigenvalue weighted by Gasteiger charge is 2.16. The summed E-state index contributed by atoms with van der Waals surface area (Å²) >= 11 is 0. The average molecular weight is 226 g/mol. The first-order valence-corrected chi connectivity index (χ1v) is 5.42. The summed E-state index contributed by atoms with van der Waals surface area (Å²) in [6.45, 7) is 1.03. The molecule has 1 saturated heterocycles. The third-order valence-corrected chi connectivity index (χ3v) is 2.57. The first-order chi connectivity index (χ1) is 7.78. The van der Waals surface area contributed by atoms with Crippen LogP contribution < -0.4 is 4.74 Å². The van der Waals surface area contributed by atoms with Crippen molar-refractivity contribution in [3.8, 4) is 5.75 Å². The van der Waals surface area contributed by atoms with Crippen LogP contribution in [-0.4, -0.2) is 24.4 Å². The molecule has 16 heavy (non-hydrogen) atoms. The highest BCUT2D eigenvalue weighted by atomic mass is 19.1. The standard InChI is InChI=1S/C12H15FO3/c13-10-4-9(7-14)5-12(6-10)16-8-11-2-1-3-15-11/h4-6,11,14H,1-3,7-8H2. The van der Waals surface area contributed by atoms with Crippen molar-refractivity contribution in [2.75, 3.05) is 13.2 Å². The fraction of sp³-hybridized carbons (Fsp3) is 0.500. The number of aliphatic hydroxyl groups is 1. The van der Waals surface area contributed by atoms with E-state index in [1.807, 2.05) is 0 Å². The monoisotopic (exact) mass is 226 g/mol. The van der Waals surface area contributed by atoms with Gasteiger partial charge in [-0.05, 0) is 30.5 Å². The molecule has 2 rings (SSSR count). The molecule has 0 aromatic heterocycles. The van der Waals surface area contributed by atoms with Crippen molar-refractivity contribution in [1.29, 1.82) is 0 Å². The van der Waals surface area contributed by atoms with Crippen molar-refractivity contribution in [2.24, 2.45) is 0 Å². The molecule has 1 aliphatic heterocycles. The molecule has 1 atom stereocenters. The summed E-state index contributed by atoms with van der Waals surface area (Å²) in [6.07, 6.45) is 2.15. The largest absolute Gasteiger partial charge is 0.491 e. The summed E-state index contributed by atoms with van der Waals surface area (Å²) in [6, 6.07) is 4.24. The second-order valence-electron chi connectivity index (χ2n) is 3.90. The molecular formula is C12H15FO3. The molecule has 3 nitrogen and oxygen atoms in total. The van der Waals surface area contributed by atoms with E-state index in [1.54, 1.807) is 6.07 Å². The van der Waals surface area contributed by atoms with Gasteiger partial charge in [0.2, 0.25) is 0 Å². The van der Waals surface area contributed by atoms with E-state index in [0.29, 0.717) is 17.9 Å². The third-order valence-electron chi connectivity index (χ3n) is 2.57. The second kappa shape index (κ2) is 5.27. The number of rotatable bonds is 4. The van der Waals surface area contributed by atoms with Gasteiger partial charge in [0.1, 0.15) is 18.2 Å². The summed E-state index contributed by atoms with van der Waals surface area (Å²) in [5, 5.41) is 8.92. The summed E-state index contributed by atoms with van der Waals surface area (Å²) in [5.41, 5.74) is 0.516. The number of benzene rings is 1. The normalized spacial score (nSPS) is 20.0. The van der Waals surface area contributed by atoms with Gasteiger partial charge in [-0.25, -0.2) is 4.39 Å². The van der Waals surface area contributed by atoms with E-state index in [-0.39, 0.29) is 12.7 Å². The van der Waals surface area contributed by atoms with Crippen LogP contribution in [0.15, 0.2) is 18.2 Å². The van der Waals surface area contributed by atoms with Crippen molar-refractivity contribution in [3.05, 3.63) is 29.6 Å². The number of ether oxygens (including phenoxy) is 2. The molecule has 0 bridgehead atoms. The number of hydrogen-bond donors (Lipinski definition) is 1. The van der Waals surface area contributed by atoms with E-state index >= 15 is 0 Å². The van der Waals surface area contributed by atoms with Crippen LogP contribution in [0.2, 0.25) is 0 Å². The minimum absolute atomic E-state index is 0.112. The van der Waals surface area contributed by atoms with Crippen molar-refractivity contribution in [2.45, 2.75) is 25.6 Å². The van der Waals surface area contributed by atoms with Crippen LogP contribution >= 0.6 is 0 Å². The lowest BCUT2D eigenvalue weighted by Crippen LogP contribution is -2.16. The van der Waals surface area contributed by atoms with Crippen LogP contribution in [0.4, 0.5) is 4.39 Å².